The minimum atomic E-state index is -0.616. The smallest absolute Gasteiger partial charge is 0.315 e. The Hall–Kier alpha value is -1.55. The number of aliphatic hydroxyl groups is 1. The first kappa shape index (κ1) is 16.5. The average molecular weight is 278 g/mol. The van der Waals surface area contributed by atoms with E-state index in [9.17, 15) is 4.79 Å². The maximum Gasteiger partial charge on any atom is 0.315 e. The van der Waals surface area contributed by atoms with Gasteiger partial charge in [0.05, 0.1) is 18.2 Å². The quantitative estimate of drug-likeness (QED) is 0.749. The van der Waals surface area contributed by atoms with E-state index in [1.165, 1.54) is 5.56 Å². The van der Waals surface area contributed by atoms with Crippen molar-refractivity contribution in [2.75, 3.05) is 6.61 Å². The molecule has 4 nitrogen and oxygen atoms in total. The number of benzene rings is 1. The molecule has 112 valence electrons. The highest BCUT2D eigenvalue weighted by Crippen LogP contribution is 2.14. The van der Waals surface area contributed by atoms with Gasteiger partial charge in [-0.2, -0.15) is 0 Å². The van der Waals surface area contributed by atoms with Crippen molar-refractivity contribution in [3.8, 4) is 0 Å². The minimum absolute atomic E-state index is 0.0693. The Bertz CT molecular complexity index is 427. The highest BCUT2D eigenvalue weighted by atomic mass is 16.3. The Balaban J connectivity index is 2.57. The van der Waals surface area contributed by atoms with Crippen LogP contribution >= 0.6 is 0 Å². The molecular weight excluding hydrogens is 252 g/mol. The largest absolute Gasteiger partial charge is 0.394 e. The molecule has 1 rings (SSSR count). The Morgan fingerprint density at radius 3 is 2.40 bits per heavy atom. The summed E-state index contributed by atoms with van der Waals surface area (Å²) in [5, 5.41) is 14.7. The molecule has 0 aliphatic heterocycles. The summed E-state index contributed by atoms with van der Waals surface area (Å²) >= 11 is 0. The summed E-state index contributed by atoms with van der Waals surface area (Å²) in [6.45, 7) is 7.56. The number of nitrogens with one attached hydrogen (secondary N) is 2. The summed E-state index contributed by atoms with van der Waals surface area (Å²) < 4.78 is 0. The molecule has 0 saturated carbocycles. The van der Waals surface area contributed by atoms with Crippen molar-refractivity contribution in [1.29, 1.82) is 0 Å². The van der Waals surface area contributed by atoms with Crippen molar-refractivity contribution in [2.24, 2.45) is 0 Å². The monoisotopic (exact) mass is 278 g/mol. The normalized spacial score (nSPS) is 12.8. The lowest BCUT2D eigenvalue weighted by Crippen LogP contribution is -2.50. The molecule has 0 aromatic heterocycles. The van der Waals surface area contributed by atoms with Gasteiger partial charge in [0.2, 0.25) is 0 Å². The molecule has 0 fully saturated rings. The van der Waals surface area contributed by atoms with Crippen molar-refractivity contribution >= 4 is 6.03 Å². The molecule has 0 spiro atoms. The fourth-order valence-corrected chi connectivity index (χ4v) is 1.92. The van der Waals surface area contributed by atoms with E-state index in [1.54, 1.807) is 13.8 Å². The summed E-state index contributed by atoms with van der Waals surface area (Å²) in [6.07, 6.45) is 2.21. The third-order valence-electron chi connectivity index (χ3n) is 3.21. The average Bonchev–Trinajstić information content (AvgIpc) is 2.39. The fourth-order valence-electron chi connectivity index (χ4n) is 1.92. The van der Waals surface area contributed by atoms with Gasteiger partial charge in [-0.05, 0) is 38.3 Å². The molecule has 20 heavy (non-hydrogen) atoms. The number of hydrogen-bond donors (Lipinski definition) is 3. The molecule has 0 bridgehead atoms. The van der Waals surface area contributed by atoms with Gasteiger partial charge >= 0.3 is 6.03 Å². The van der Waals surface area contributed by atoms with Crippen LogP contribution in [0.2, 0.25) is 0 Å². The molecule has 1 aromatic carbocycles. The summed E-state index contributed by atoms with van der Waals surface area (Å²) in [5.41, 5.74) is 1.77. The topological polar surface area (TPSA) is 61.4 Å². The molecule has 4 heteroatoms. The van der Waals surface area contributed by atoms with Crippen LogP contribution in [0.4, 0.5) is 4.79 Å². The first-order valence-electron chi connectivity index (χ1n) is 7.16. The maximum atomic E-state index is 11.8. The Labute approximate surface area is 121 Å². The number of carbonyl (C=O) groups excluding carboxylic acids is 1. The minimum Gasteiger partial charge on any atom is -0.394 e. The van der Waals surface area contributed by atoms with Crippen LogP contribution in [-0.4, -0.2) is 23.3 Å². The van der Waals surface area contributed by atoms with Crippen LogP contribution in [0.25, 0.3) is 0 Å². The molecule has 0 saturated heterocycles. The summed E-state index contributed by atoms with van der Waals surface area (Å²) in [4.78, 5) is 11.8. The van der Waals surface area contributed by atoms with Crippen molar-refractivity contribution in [1.82, 2.24) is 10.6 Å². The first-order valence-corrected chi connectivity index (χ1v) is 7.16. The molecular formula is C16H26N2O2. The lowest BCUT2D eigenvalue weighted by atomic mass is 10.0. The Kier molecular flexibility index (Phi) is 6.02. The van der Waals surface area contributed by atoms with E-state index in [-0.39, 0.29) is 18.7 Å². The highest BCUT2D eigenvalue weighted by Gasteiger charge is 2.20. The van der Waals surface area contributed by atoms with E-state index in [0.717, 1.165) is 18.4 Å². The summed E-state index contributed by atoms with van der Waals surface area (Å²) in [7, 11) is 0. The zero-order valence-corrected chi connectivity index (χ0v) is 12.9. The molecule has 0 aliphatic rings. The number of urea groups is 1. The lowest BCUT2D eigenvalue weighted by molar-refractivity contribution is 0.180. The van der Waals surface area contributed by atoms with Crippen LogP contribution in [0.15, 0.2) is 24.3 Å². The van der Waals surface area contributed by atoms with Crippen molar-refractivity contribution in [3.05, 3.63) is 35.4 Å². The summed E-state index contributed by atoms with van der Waals surface area (Å²) in [5.74, 6) is 0. The van der Waals surface area contributed by atoms with Crippen LogP contribution < -0.4 is 10.6 Å². The number of rotatable bonds is 6. The number of aryl methyl sites for hydroxylation is 1. The molecule has 0 unspecified atom stereocenters. The zero-order valence-electron chi connectivity index (χ0n) is 12.9. The van der Waals surface area contributed by atoms with E-state index in [1.807, 2.05) is 19.1 Å². The zero-order chi connectivity index (χ0) is 15.2. The van der Waals surface area contributed by atoms with Gasteiger partial charge in [-0.3, -0.25) is 0 Å². The van der Waals surface area contributed by atoms with Crippen LogP contribution in [-0.2, 0) is 6.42 Å². The second kappa shape index (κ2) is 7.29. The SMILES string of the molecule is CCCc1ccc([C@@H](C)NC(=O)NC(C)(C)CO)cc1. The molecule has 0 aliphatic carbocycles. The maximum absolute atomic E-state index is 11.8. The van der Waals surface area contributed by atoms with Crippen molar-refractivity contribution in [2.45, 2.75) is 52.1 Å². The van der Waals surface area contributed by atoms with Gasteiger partial charge < -0.3 is 15.7 Å². The van der Waals surface area contributed by atoms with Gasteiger partial charge in [0.15, 0.2) is 0 Å². The number of hydrogen-bond acceptors (Lipinski definition) is 2. The van der Waals surface area contributed by atoms with E-state index < -0.39 is 5.54 Å². The molecule has 2 amide bonds. The molecule has 0 heterocycles. The van der Waals surface area contributed by atoms with Crippen LogP contribution in [0.1, 0.15) is 51.3 Å². The third kappa shape index (κ3) is 5.21. The van der Waals surface area contributed by atoms with Crippen molar-refractivity contribution in [3.63, 3.8) is 0 Å². The fraction of sp³-hybridized carbons (Fsp3) is 0.562. The Morgan fingerprint density at radius 2 is 1.90 bits per heavy atom. The Morgan fingerprint density at radius 1 is 1.30 bits per heavy atom. The van der Waals surface area contributed by atoms with Gasteiger partial charge in [-0.15, -0.1) is 0 Å². The predicted octanol–water partition coefficient (Wildman–Crippen LogP) is 2.77. The molecule has 0 radical (unpaired) electrons. The molecule has 1 aromatic rings. The lowest BCUT2D eigenvalue weighted by Gasteiger charge is -2.25. The highest BCUT2D eigenvalue weighted by molar-refractivity contribution is 5.75. The second-order valence-electron chi connectivity index (χ2n) is 5.85. The number of aliphatic hydroxyl groups excluding tert-OH is 1. The summed E-state index contributed by atoms with van der Waals surface area (Å²) in [6, 6.07) is 7.97. The van der Waals surface area contributed by atoms with Crippen molar-refractivity contribution < 1.29 is 9.90 Å². The van der Waals surface area contributed by atoms with E-state index in [2.05, 4.69) is 29.7 Å². The standard InChI is InChI=1S/C16H26N2O2/c1-5-6-13-7-9-14(10-8-13)12(2)17-15(20)18-16(3,4)11-19/h7-10,12,19H,5-6,11H2,1-4H3,(H2,17,18,20)/t12-/m1/s1. The van der Waals surface area contributed by atoms with Gasteiger partial charge in [0.1, 0.15) is 0 Å². The van der Waals surface area contributed by atoms with Crippen LogP contribution in [0, 0.1) is 0 Å². The molecule has 1 atom stereocenters. The van der Waals surface area contributed by atoms with E-state index in [4.69, 9.17) is 5.11 Å². The second-order valence-corrected chi connectivity index (χ2v) is 5.85. The first-order chi connectivity index (χ1) is 9.38. The van der Waals surface area contributed by atoms with Gasteiger partial charge in [0.25, 0.3) is 0 Å². The third-order valence-corrected chi connectivity index (χ3v) is 3.21. The predicted molar refractivity (Wildman–Crippen MR) is 81.7 cm³/mol. The number of carbonyl (C=O) groups is 1. The van der Waals surface area contributed by atoms with Gasteiger partial charge in [-0.25, -0.2) is 4.79 Å². The van der Waals surface area contributed by atoms with E-state index >= 15 is 0 Å². The molecule has 3 N–H and O–H groups in total. The van der Waals surface area contributed by atoms with Gasteiger partial charge in [0, 0.05) is 0 Å². The number of amides is 2. The van der Waals surface area contributed by atoms with Gasteiger partial charge in [-0.1, -0.05) is 37.6 Å². The van der Waals surface area contributed by atoms with E-state index in [0.29, 0.717) is 0 Å². The van der Waals surface area contributed by atoms with Crippen LogP contribution in [0.3, 0.4) is 0 Å². The van der Waals surface area contributed by atoms with Crippen LogP contribution in [0.5, 0.6) is 0 Å².